The van der Waals surface area contributed by atoms with E-state index in [0.717, 1.165) is 10.0 Å². The molecule has 100 valence electrons. The SMILES string of the molecule is Cc1c(Br)cccc1NS(=O)(=O)c1ccccc1O. The molecule has 0 aromatic heterocycles. The summed E-state index contributed by atoms with van der Waals surface area (Å²) in [6.45, 7) is 1.80. The lowest BCUT2D eigenvalue weighted by molar-refractivity contribution is 0.459. The second-order valence-electron chi connectivity index (χ2n) is 3.99. The number of hydrogen-bond donors (Lipinski definition) is 2. The lowest BCUT2D eigenvalue weighted by Crippen LogP contribution is -2.14. The van der Waals surface area contributed by atoms with Crippen molar-refractivity contribution in [3.8, 4) is 5.75 Å². The Morgan fingerprint density at radius 3 is 2.47 bits per heavy atom. The molecule has 0 saturated heterocycles. The van der Waals surface area contributed by atoms with E-state index in [2.05, 4.69) is 20.7 Å². The van der Waals surface area contributed by atoms with Crippen LogP contribution in [0.5, 0.6) is 5.75 Å². The van der Waals surface area contributed by atoms with Crippen LogP contribution in [-0.2, 0) is 10.0 Å². The van der Waals surface area contributed by atoms with E-state index in [1.165, 1.54) is 12.1 Å². The van der Waals surface area contributed by atoms with Crippen molar-refractivity contribution < 1.29 is 13.5 Å². The molecular weight excluding hydrogens is 330 g/mol. The number of phenols is 1. The predicted octanol–water partition coefficient (Wildman–Crippen LogP) is 3.26. The smallest absolute Gasteiger partial charge is 0.265 e. The van der Waals surface area contributed by atoms with Gasteiger partial charge in [0.05, 0.1) is 5.69 Å². The molecule has 4 nitrogen and oxygen atoms in total. The van der Waals surface area contributed by atoms with Gasteiger partial charge in [-0.05, 0) is 36.8 Å². The van der Waals surface area contributed by atoms with Crippen molar-refractivity contribution >= 4 is 31.6 Å². The number of halogens is 1. The van der Waals surface area contributed by atoms with Crippen LogP contribution in [-0.4, -0.2) is 13.5 Å². The standard InChI is InChI=1S/C13H12BrNO3S/c1-9-10(14)5-4-6-11(9)15-19(17,18)13-8-3-2-7-12(13)16/h2-8,15-16H,1H3. The van der Waals surface area contributed by atoms with Crippen molar-refractivity contribution in [3.63, 3.8) is 0 Å². The number of aromatic hydroxyl groups is 1. The number of sulfonamides is 1. The largest absolute Gasteiger partial charge is 0.507 e. The zero-order chi connectivity index (χ0) is 14.0. The molecular formula is C13H12BrNO3S. The van der Waals surface area contributed by atoms with E-state index in [0.29, 0.717) is 5.69 Å². The normalized spacial score (nSPS) is 11.3. The quantitative estimate of drug-likeness (QED) is 0.900. The van der Waals surface area contributed by atoms with E-state index in [1.807, 2.05) is 6.07 Å². The van der Waals surface area contributed by atoms with Crippen molar-refractivity contribution in [2.45, 2.75) is 11.8 Å². The van der Waals surface area contributed by atoms with Gasteiger partial charge in [-0.2, -0.15) is 0 Å². The van der Waals surface area contributed by atoms with Crippen molar-refractivity contribution in [1.82, 2.24) is 0 Å². The van der Waals surface area contributed by atoms with Crippen LogP contribution < -0.4 is 4.72 Å². The first-order valence-corrected chi connectivity index (χ1v) is 7.75. The Bertz CT molecular complexity index is 714. The van der Waals surface area contributed by atoms with Crippen molar-refractivity contribution in [2.24, 2.45) is 0 Å². The number of benzene rings is 2. The molecule has 19 heavy (non-hydrogen) atoms. The summed E-state index contributed by atoms with van der Waals surface area (Å²) in [5, 5.41) is 9.62. The summed E-state index contributed by atoms with van der Waals surface area (Å²) >= 11 is 3.34. The summed E-state index contributed by atoms with van der Waals surface area (Å²) in [6.07, 6.45) is 0. The van der Waals surface area contributed by atoms with Gasteiger partial charge >= 0.3 is 0 Å². The lowest BCUT2D eigenvalue weighted by Gasteiger charge is -2.12. The molecule has 0 radical (unpaired) electrons. The Labute approximate surface area is 120 Å². The third-order valence-corrected chi connectivity index (χ3v) is 4.94. The van der Waals surface area contributed by atoms with Gasteiger partial charge in [0.1, 0.15) is 10.6 Å². The first kappa shape index (κ1) is 13.9. The molecule has 0 aliphatic rings. The van der Waals surface area contributed by atoms with Crippen LogP contribution in [0.2, 0.25) is 0 Å². The highest BCUT2D eigenvalue weighted by atomic mass is 79.9. The average molecular weight is 342 g/mol. The van der Waals surface area contributed by atoms with Gasteiger partial charge in [0.2, 0.25) is 0 Å². The fourth-order valence-corrected chi connectivity index (χ4v) is 3.19. The minimum atomic E-state index is -3.80. The number of phenolic OH excluding ortho intramolecular Hbond substituents is 1. The zero-order valence-electron chi connectivity index (χ0n) is 10.1. The van der Waals surface area contributed by atoms with Gasteiger partial charge < -0.3 is 5.11 Å². The zero-order valence-corrected chi connectivity index (χ0v) is 12.5. The van der Waals surface area contributed by atoms with Gasteiger partial charge in [-0.3, -0.25) is 4.72 Å². The first-order chi connectivity index (χ1) is 8.92. The number of nitrogens with one attached hydrogen (secondary N) is 1. The van der Waals surface area contributed by atoms with E-state index in [-0.39, 0.29) is 10.6 Å². The van der Waals surface area contributed by atoms with Gasteiger partial charge in [0.15, 0.2) is 0 Å². The maximum Gasteiger partial charge on any atom is 0.265 e. The average Bonchev–Trinajstić information content (AvgIpc) is 2.35. The monoisotopic (exact) mass is 341 g/mol. The molecule has 6 heteroatoms. The van der Waals surface area contributed by atoms with Crippen LogP contribution in [0.15, 0.2) is 51.8 Å². The molecule has 0 unspecified atom stereocenters. The van der Waals surface area contributed by atoms with Crippen molar-refractivity contribution in [2.75, 3.05) is 4.72 Å². The molecule has 0 aliphatic carbocycles. The summed E-state index contributed by atoms with van der Waals surface area (Å²) in [5.74, 6) is -0.275. The van der Waals surface area contributed by atoms with Crippen LogP contribution in [0.4, 0.5) is 5.69 Å². The second kappa shape index (κ2) is 5.22. The van der Waals surface area contributed by atoms with Gasteiger partial charge in [-0.15, -0.1) is 0 Å². The number of hydrogen-bond acceptors (Lipinski definition) is 3. The van der Waals surface area contributed by atoms with Crippen molar-refractivity contribution in [1.29, 1.82) is 0 Å². The molecule has 2 aromatic carbocycles. The summed E-state index contributed by atoms with van der Waals surface area (Å²) in [4.78, 5) is -0.144. The molecule has 0 fully saturated rings. The van der Waals surface area contributed by atoms with Crippen LogP contribution in [0.3, 0.4) is 0 Å². The highest BCUT2D eigenvalue weighted by Crippen LogP contribution is 2.28. The van der Waals surface area contributed by atoms with E-state index >= 15 is 0 Å². The van der Waals surface area contributed by atoms with Crippen LogP contribution in [0, 0.1) is 6.92 Å². The Balaban J connectivity index is 2.43. The van der Waals surface area contributed by atoms with Crippen LogP contribution >= 0.6 is 15.9 Å². The Hall–Kier alpha value is -1.53. The molecule has 0 spiro atoms. The fraction of sp³-hybridized carbons (Fsp3) is 0.0769. The van der Waals surface area contributed by atoms with E-state index in [9.17, 15) is 13.5 Å². The van der Waals surface area contributed by atoms with Gasteiger partial charge in [-0.1, -0.05) is 34.1 Å². The number of rotatable bonds is 3. The highest BCUT2D eigenvalue weighted by molar-refractivity contribution is 9.10. The Morgan fingerprint density at radius 2 is 1.79 bits per heavy atom. The summed E-state index contributed by atoms with van der Waals surface area (Å²) in [5.41, 5.74) is 1.25. The maximum absolute atomic E-state index is 12.2. The fourth-order valence-electron chi connectivity index (χ4n) is 1.60. The topological polar surface area (TPSA) is 66.4 Å². The third-order valence-electron chi connectivity index (χ3n) is 2.67. The van der Waals surface area contributed by atoms with Gasteiger partial charge in [0.25, 0.3) is 10.0 Å². The van der Waals surface area contributed by atoms with E-state index in [1.54, 1.807) is 31.2 Å². The Morgan fingerprint density at radius 1 is 1.11 bits per heavy atom. The van der Waals surface area contributed by atoms with Crippen molar-refractivity contribution in [3.05, 3.63) is 52.5 Å². The molecule has 0 amide bonds. The predicted molar refractivity (Wildman–Crippen MR) is 77.8 cm³/mol. The third kappa shape index (κ3) is 2.90. The van der Waals surface area contributed by atoms with Crippen LogP contribution in [0.1, 0.15) is 5.56 Å². The van der Waals surface area contributed by atoms with Crippen LogP contribution in [0.25, 0.3) is 0 Å². The van der Waals surface area contributed by atoms with Gasteiger partial charge in [-0.25, -0.2) is 8.42 Å². The highest BCUT2D eigenvalue weighted by Gasteiger charge is 2.19. The number of anilines is 1. The molecule has 0 saturated carbocycles. The first-order valence-electron chi connectivity index (χ1n) is 5.48. The van der Waals surface area contributed by atoms with Gasteiger partial charge in [0, 0.05) is 4.47 Å². The van der Waals surface area contributed by atoms with E-state index < -0.39 is 10.0 Å². The van der Waals surface area contributed by atoms with E-state index in [4.69, 9.17) is 0 Å². The lowest BCUT2D eigenvalue weighted by atomic mass is 10.2. The second-order valence-corrected chi connectivity index (χ2v) is 6.49. The minimum Gasteiger partial charge on any atom is -0.507 e. The summed E-state index contributed by atoms with van der Waals surface area (Å²) < 4.78 is 27.7. The summed E-state index contributed by atoms with van der Waals surface area (Å²) in [6, 6.07) is 11.0. The minimum absolute atomic E-state index is 0.144. The molecule has 2 rings (SSSR count). The number of para-hydroxylation sites is 1. The Kier molecular flexibility index (Phi) is 3.82. The summed E-state index contributed by atoms with van der Waals surface area (Å²) in [7, 11) is -3.80. The maximum atomic E-state index is 12.2. The molecule has 2 aromatic rings. The molecule has 2 N–H and O–H groups in total. The molecule has 0 atom stereocenters. The molecule has 0 aliphatic heterocycles. The molecule has 0 bridgehead atoms. The molecule has 0 heterocycles.